The molecular formula is O4SiV-4. The van der Waals surface area contributed by atoms with Gasteiger partial charge in [0.2, 0.25) is 0 Å². The Labute approximate surface area is 48.4 Å². The van der Waals surface area contributed by atoms with Crippen molar-refractivity contribution in [1.82, 2.24) is 0 Å². The molecule has 0 fully saturated rings. The summed E-state index contributed by atoms with van der Waals surface area (Å²) in [7, 11) is -1.42. The third-order valence-electron chi connectivity index (χ3n) is 0. The summed E-state index contributed by atoms with van der Waals surface area (Å²) in [6, 6.07) is 0. The molecule has 0 aliphatic rings. The van der Waals surface area contributed by atoms with Gasteiger partial charge in [0, 0.05) is 18.6 Å². The Balaban J connectivity index is -0.00000000667. The van der Waals surface area contributed by atoms with Crippen LogP contribution in [0, 0.1) is 0 Å². The molecule has 0 saturated heterocycles. The van der Waals surface area contributed by atoms with Crippen LogP contribution in [0.1, 0.15) is 0 Å². The van der Waals surface area contributed by atoms with Gasteiger partial charge in [0.05, 0.1) is 0 Å². The van der Waals surface area contributed by atoms with E-state index in [0.29, 0.717) is 0 Å². The molecule has 6 heteroatoms. The Hall–Kier alpha value is 0.321. The molecule has 1 radical (unpaired) electrons. The van der Waals surface area contributed by atoms with Crippen LogP contribution in [0.5, 0.6) is 0 Å². The van der Waals surface area contributed by atoms with Crippen LogP contribution in [0.2, 0.25) is 0 Å². The maximum Gasteiger partial charge on any atom is 0.549 e. The zero-order valence-electron chi connectivity index (χ0n) is 2.58. The van der Waals surface area contributed by atoms with Gasteiger partial charge in [-0.05, 0) is 0 Å². The summed E-state index contributed by atoms with van der Waals surface area (Å²) in [5, 5.41) is 0. The van der Waals surface area contributed by atoms with Crippen molar-refractivity contribution in [1.29, 1.82) is 0 Å². The minimum absolute atomic E-state index is 0. The van der Waals surface area contributed by atoms with Gasteiger partial charge in [-0.25, -0.2) is 0 Å². The van der Waals surface area contributed by atoms with Crippen LogP contribution in [0.3, 0.4) is 0 Å². The van der Waals surface area contributed by atoms with Crippen LogP contribution in [-0.4, -0.2) is 9.29 Å². The standard InChI is InChI=1S/O2Si.2O.V/c1-3-2;;;/q;2*-2;. The van der Waals surface area contributed by atoms with Crippen LogP contribution >= 0.6 is 0 Å². The molecule has 0 N–H and O–H groups in total. The van der Waals surface area contributed by atoms with Crippen molar-refractivity contribution in [2.45, 2.75) is 0 Å². The zero-order valence-corrected chi connectivity index (χ0v) is 4.98. The first-order valence-electron chi connectivity index (χ1n) is 0.408. The van der Waals surface area contributed by atoms with E-state index in [1.54, 1.807) is 0 Å². The smallest absolute Gasteiger partial charge is 0.549 e. The van der Waals surface area contributed by atoms with Crippen molar-refractivity contribution in [3.63, 3.8) is 0 Å². The normalized spacial score (nSPS) is 1.33. The van der Waals surface area contributed by atoms with Gasteiger partial charge in [0.1, 0.15) is 0 Å². The van der Waals surface area contributed by atoms with E-state index in [0.717, 1.165) is 0 Å². The molecule has 0 aliphatic carbocycles. The van der Waals surface area contributed by atoms with E-state index in [9.17, 15) is 0 Å². The molecule has 0 bridgehead atoms. The summed E-state index contributed by atoms with van der Waals surface area (Å²) in [6.07, 6.45) is 0. The van der Waals surface area contributed by atoms with E-state index in [-0.39, 0.29) is 29.5 Å². The molecule has 0 heterocycles. The van der Waals surface area contributed by atoms with E-state index in [1.165, 1.54) is 0 Å². The summed E-state index contributed by atoms with van der Waals surface area (Å²) in [5.41, 5.74) is 0. The largest absolute Gasteiger partial charge is 2.00 e. The predicted molar refractivity (Wildman–Crippen MR) is 8.50 cm³/mol. The fraction of sp³-hybridized carbons (Fsp3) is 0. The maximum absolute atomic E-state index is 8.40. The van der Waals surface area contributed by atoms with E-state index < -0.39 is 9.29 Å². The first kappa shape index (κ1) is 33.2. The molecule has 0 saturated carbocycles. The second kappa shape index (κ2) is 56.9. The van der Waals surface area contributed by atoms with Gasteiger partial charge in [-0.2, -0.15) is 0 Å². The van der Waals surface area contributed by atoms with Crippen LogP contribution in [0.4, 0.5) is 0 Å². The molecular weight excluding hydrogens is 143 g/mol. The fourth-order valence-electron chi connectivity index (χ4n) is 0. The number of hydrogen-bond acceptors (Lipinski definition) is 2. The molecule has 37 valence electrons. The molecule has 0 aromatic carbocycles. The molecule has 0 rings (SSSR count). The molecule has 0 unspecified atom stereocenters. The summed E-state index contributed by atoms with van der Waals surface area (Å²) in [6.45, 7) is 0. The minimum Gasteiger partial charge on any atom is -2.00 e. The SMILES string of the molecule is O=[Si]=O.[O-2].[O-2].[V]. The molecule has 4 nitrogen and oxygen atoms in total. The Morgan fingerprint density at radius 1 is 1.00 bits per heavy atom. The first-order chi connectivity index (χ1) is 1.41. The average Bonchev–Trinajstić information content (AvgIpc) is 0.918. The minimum atomic E-state index is -1.42. The average molecular weight is 143 g/mol. The van der Waals surface area contributed by atoms with Crippen molar-refractivity contribution in [2.24, 2.45) is 0 Å². The number of hydrogen-bond donors (Lipinski definition) is 0. The van der Waals surface area contributed by atoms with Gasteiger partial charge >= 0.3 is 9.29 Å². The third-order valence-corrected chi connectivity index (χ3v) is 0. The third kappa shape index (κ3) is 462. The van der Waals surface area contributed by atoms with E-state index in [2.05, 4.69) is 0 Å². The van der Waals surface area contributed by atoms with E-state index >= 15 is 0 Å². The molecule has 0 atom stereocenters. The van der Waals surface area contributed by atoms with Crippen molar-refractivity contribution >= 4 is 9.29 Å². The van der Waals surface area contributed by atoms with Gasteiger partial charge in [-0.15, -0.1) is 0 Å². The topological polar surface area (TPSA) is 91.1 Å². The predicted octanol–water partition coefficient (Wildman–Crippen LogP) is -0.859. The molecule has 0 amide bonds. The van der Waals surface area contributed by atoms with Crippen molar-refractivity contribution in [3.05, 3.63) is 0 Å². The van der Waals surface area contributed by atoms with Gasteiger partial charge in [-0.1, -0.05) is 0 Å². The van der Waals surface area contributed by atoms with Gasteiger partial charge < -0.3 is 11.0 Å². The van der Waals surface area contributed by atoms with Crippen LogP contribution in [0.15, 0.2) is 0 Å². The van der Waals surface area contributed by atoms with Crippen LogP contribution in [0.25, 0.3) is 0 Å². The van der Waals surface area contributed by atoms with Crippen LogP contribution < -0.4 is 0 Å². The van der Waals surface area contributed by atoms with Crippen molar-refractivity contribution in [3.8, 4) is 0 Å². The van der Waals surface area contributed by atoms with E-state index in [4.69, 9.17) is 8.92 Å². The summed E-state index contributed by atoms with van der Waals surface area (Å²) >= 11 is 0. The quantitative estimate of drug-likeness (QED) is 0.413. The molecule has 0 aromatic rings. The molecule has 0 spiro atoms. The van der Waals surface area contributed by atoms with Gasteiger partial charge in [0.15, 0.2) is 0 Å². The second-order valence-corrected chi connectivity index (χ2v) is 0.250. The molecule has 6 heavy (non-hydrogen) atoms. The van der Waals surface area contributed by atoms with Crippen molar-refractivity contribution < 1.29 is 38.4 Å². The second-order valence-electron chi connectivity index (χ2n) is 0.0833. The zero-order chi connectivity index (χ0) is 2.71. The summed E-state index contributed by atoms with van der Waals surface area (Å²) in [4.78, 5) is 0. The summed E-state index contributed by atoms with van der Waals surface area (Å²) in [5.74, 6) is 0. The van der Waals surface area contributed by atoms with E-state index in [1.807, 2.05) is 0 Å². The van der Waals surface area contributed by atoms with Gasteiger partial charge in [0.25, 0.3) is 0 Å². The number of rotatable bonds is 0. The maximum atomic E-state index is 8.40. The first-order valence-corrected chi connectivity index (χ1v) is 1.22. The monoisotopic (exact) mass is 143 g/mol. The Bertz CT molecular complexity index is 28.5. The van der Waals surface area contributed by atoms with Crippen molar-refractivity contribution in [2.75, 3.05) is 0 Å². The fourth-order valence-corrected chi connectivity index (χ4v) is 0. The summed E-state index contributed by atoms with van der Waals surface area (Å²) < 4.78 is 16.8. The molecule has 0 aromatic heterocycles. The Morgan fingerprint density at radius 3 is 1.00 bits per heavy atom. The Morgan fingerprint density at radius 2 is 1.00 bits per heavy atom. The Kier molecular flexibility index (Phi) is 315. The van der Waals surface area contributed by atoms with Crippen LogP contribution in [-0.2, 0) is 38.4 Å². The molecule has 0 aliphatic heterocycles. The van der Waals surface area contributed by atoms with Gasteiger partial charge in [-0.3, -0.25) is 8.92 Å².